The van der Waals surface area contributed by atoms with Gasteiger partial charge in [-0.3, -0.25) is 27.5 Å². The molecule has 25 nitrogen and oxygen atoms in total. The van der Waals surface area contributed by atoms with Crippen LogP contribution in [0.4, 0.5) is 11.6 Å². The van der Waals surface area contributed by atoms with Crippen molar-refractivity contribution in [2.75, 3.05) is 37.8 Å². The van der Waals surface area contributed by atoms with E-state index in [4.69, 9.17) is 39.5 Å². The second-order valence-corrected chi connectivity index (χ2v) is 16.0. The van der Waals surface area contributed by atoms with Crippen molar-refractivity contribution in [3.8, 4) is 0 Å². The monoisotopic (exact) mass is 859 g/mol. The summed E-state index contributed by atoms with van der Waals surface area (Å²) in [5, 5.41) is 11.6. The number of rotatable bonds is 17. The summed E-state index contributed by atoms with van der Waals surface area (Å²) in [4.78, 5) is 86.1. The average molecular weight is 860 g/mol. The molecule has 58 heavy (non-hydrogen) atoms. The largest absolute Gasteiger partial charge is 0.472 e. The van der Waals surface area contributed by atoms with Crippen LogP contribution >= 0.6 is 15.6 Å². The van der Waals surface area contributed by atoms with E-state index in [-0.39, 0.29) is 54.5 Å². The van der Waals surface area contributed by atoms with Gasteiger partial charge in [-0.1, -0.05) is 6.08 Å². The van der Waals surface area contributed by atoms with Gasteiger partial charge >= 0.3 is 27.3 Å². The number of esters is 1. The number of fused-ring (bicyclic) bond motifs is 1. The van der Waals surface area contributed by atoms with Crippen LogP contribution < -0.4 is 17.2 Å². The van der Waals surface area contributed by atoms with Crippen LogP contribution in [0.2, 0.25) is 0 Å². The molecule has 8 N–H and O–H groups in total. The molecule has 3 aromatic rings. The average Bonchev–Trinajstić information content (AvgIpc) is 3.94. The van der Waals surface area contributed by atoms with Crippen molar-refractivity contribution in [2.24, 2.45) is 0 Å². The van der Waals surface area contributed by atoms with E-state index in [1.807, 2.05) is 0 Å². The molecule has 10 atom stereocenters. The summed E-state index contributed by atoms with van der Waals surface area (Å²) < 4.78 is 65.8. The molecule has 0 aromatic carbocycles. The number of imidazole rings is 1. The highest BCUT2D eigenvalue weighted by Gasteiger charge is 2.51. The molecule has 6 rings (SSSR count). The van der Waals surface area contributed by atoms with Gasteiger partial charge in [0.15, 0.2) is 23.8 Å². The van der Waals surface area contributed by atoms with E-state index in [2.05, 4.69) is 31.0 Å². The number of hydrogen-bond acceptors (Lipinski definition) is 19. The van der Waals surface area contributed by atoms with Crippen molar-refractivity contribution in [3.05, 3.63) is 48.1 Å². The number of carbonyl (C=O) groups is 2. The number of nitrogen functional groups attached to an aromatic ring is 2. The molecule has 0 saturated carbocycles. The SMILES string of the molecule is C=CCCC(=O)N1C[C@H](OCC)C[C@@H]1C(=O)O[C@H]1[C@@H](O)[C@H](n2cnc3c(N)ncnc32)O[C@H]1COP(=O)(O)O[C@H]1C[C@@H](n2ccc(N)nc2=O)O[C@@H]1COP(=O)(O)O. The van der Waals surface area contributed by atoms with Crippen molar-refractivity contribution in [2.45, 2.75) is 87.7 Å². The minimum Gasteiger partial charge on any atom is -0.455 e. The van der Waals surface area contributed by atoms with Crippen molar-refractivity contribution >= 4 is 50.3 Å². The summed E-state index contributed by atoms with van der Waals surface area (Å²) in [6.45, 7) is 4.11. The van der Waals surface area contributed by atoms with Gasteiger partial charge in [0, 0.05) is 38.6 Å². The lowest BCUT2D eigenvalue weighted by atomic mass is 10.1. The van der Waals surface area contributed by atoms with Gasteiger partial charge in [-0.25, -0.2) is 33.7 Å². The van der Waals surface area contributed by atoms with Gasteiger partial charge in [0.2, 0.25) is 5.91 Å². The van der Waals surface area contributed by atoms with Gasteiger partial charge < -0.3 is 55.1 Å². The zero-order valence-electron chi connectivity index (χ0n) is 30.8. The summed E-state index contributed by atoms with van der Waals surface area (Å²) in [6.07, 6.45) is -5.41. The molecule has 3 saturated heterocycles. The maximum Gasteiger partial charge on any atom is 0.472 e. The van der Waals surface area contributed by atoms with E-state index >= 15 is 0 Å². The standard InChI is InChI=1S/C31H43N9O16P2/c1-3-5-6-22(41)39-11-16(50-4-2)9-17(39)30(43)55-26-20(54-29(25(26)42)40-15-36-24-27(33)34-14-35-28(24)40)13-52-58(48,49)56-18-10-23(38-8-7-21(32)37-31(38)44)53-19(18)12-51-57(45,46)47/h3,7-8,14-20,23,25-26,29,42H,1,4-6,9-13H2,2H3,(H,48,49)(H2,32,37,44)(H2,33,34,35)(H2,45,46,47)/t16-,17-,18+,19-,20+,23+,25-,26-,29-/m1/s1. The molecule has 1 amide bonds. The van der Waals surface area contributed by atoms with Crippen LogP contribution in [0.15, 0.2) is 42.4 Å². The van der Waals surface area contributed by atoms with Crippen LogP contribution in [0.5, 0.6) is 0 Å². The number of aliphatic hydroxyl groups is 1. The van der Waals surface area contributed by atoms with Crippen LogP contribution in [-0.4, -0.2) is 135 Å². The smallest absolute Gasteiger partial charge is 0.455 e. The lowest BCUT2D eigenvalue weighted by Crippen LogP contribution is -2.46. The van der Waals surface area contributed by atoms with Gasteiger partial charge in [-0.15, -0.1) is 6.58 Å². The molecule has 3 aromatic heterocycles. The fourth-order valence-corrected chi connectivity index (χ4v) is 8.14. The number of nitrogens with zero attached hydrogens (tertiary/aromatic N) is 7. The number of hydrogen-bond donors (Lipinski definition) is 6. The maximum atomic E-state index is 13.9. The molecule has 3 aliphatic heterocycles. The summed E-state index contributed by atoms with van der Waals surface area (Å²) in [6, 6.07) is 0.158. The number of allylic oxidation sites excluding steroid dienone is 1. The summed E-state index contributed by atoms with van der Waals surface area (Å²) in [5.74, 6) is -1.36. The Bertz CT molecular complexity index is 2140. The molecule has 3 fully saturated rings. The van der Waals surface area contributed by atoms with E-state index < -0.39 is 95.6 Å². The number of ether oxygens (including phenoxy) is 4. The minimum absolute atomic E-state index is 0.0175. The first-order valence-electron chi connectivity index (χ1n) is 17.8. The molecule has 318 valence electrons. The summed E-state index contributed by atoms with van der Waals surface area (Å²) in [5.41, 5.74) is 10.9. The van der Waals surface area contributed by atoms with Gasteiger partial charge in [0.1, 0.15) is 54.3 Å². The Balaban J connectivity index is 1.22. The Morgan fingerprint density at radius 2 is 1.83 bits per heavy atom. The number of carbonyl (C=O) groups excluding carboxylic acids is 2. The predicted molar refractivity (Wildman–Crippen MR) is 195 cm³/mol. The predicted octanol–water partition coefficient (Wildman–Crippen LogP) is -0.711. The number of aromatic nitrogens is 6. The third-order valence-corrected chi connectivity index (χ3v) is 11.0. The third kappa shape index (κ3) is 9.96. The lowest BCUT2D eigenvalue weighted by molar-refractivity contribution is -0.164. The van der Waals surface area contributed by atoms with Crippen LogP contribution in [0.3, 0.4) is 0 Å². The first-order chi connectivity index (χ1) is 27.5. The van der Waals surface area contributed by atoms with Gasteiger partial charge in [0.05, 0.1) is 25.6 Å². The number of amides is 1. The Kier molecular flexibility index (Phi) is 13.4. The Morgan fingerprint density at radius 3 is 2.53 bits per heavy atom. The maximum absolute atomic E-state index is 13.9. The van der Waals surface area contributed by atoms with Crippen molar-refractivity contribution in [1.82, 2.24) is 34.0 Å². The first-order valence-corrected chi connectivity index (χ1v) is 20.9. The lowest BCUT2D eigenvalue weighted by Gasteiger charge is -2.27. The fraction of sp³-hybridized carbons (Fsp3) is 0.581. The van der Waals surface area contributed by atoms with Crippen LogP contribution in [-0.2, 0) is 51.2 Å². The zero-order chi connectivity index (χ0) is 41.9. The van der Waals surface area contributed by atoms with Crippen molar-refractivity contribution in [3.63, 3.8) is 0 Å². The molecular weight excluding hydrogens is 816 g/mol. The zero-order valence-corrected chi connectivity index (χ0v) is 32.6. The molecule has 6 heterocycles. The number of aliphatic hydroxyl groups excluding tert-OH is 1. The molecule has 0 bridgehead atoms. The summed E-state index contributed by atoms with van der Waals surface area (Å²) >= 11 is 0. The number of phosphoric ester groups is 2. The minimum atomic E-state index is -5.20. The van der Waals surface area contributed by atoms with E-state index in [0.29, 0.717) is 13.0 Å². The van der Waals surface area contributed by atoms with Gasteiger partial charge in [0.25, 0.3) is 0 Å². The van der Waals surface area contributed by atoms with Gasteiger partial charge in [-0.2, -0.15) is 4.98 Å². The van der Waals surface area contributed by atoms with E-state index in [1.54, 1.807) is 13.0 Å². The quantitative estimate of drug-likeness (QED) is 0.0554. The van der Waals surface area contributed by atoms with Crippen LogP contribution in [0.1, 0.15) is 45.1 Å². The Morgan fingerprint density at radius 1 is 1.07 bits per heavy atom. The van der Waals surface area contributed by atoms with Crippen molar-refractivity contribution < 1.29 is 71.0 Å². The summed E-state index contributed by atoms with van der Waals surface area (Å²) in [7, 11) is -10.3. The molecule has 0 radical (unpaired) electrons. The highest BCUT2D eigenvalue weighted by molar-refractivity contribution is 7.47. The van der Waals surface area contributed by atoms with E-state index in [1.165, 1.54) is 28.1 Å². The van der Waals surface area contributed by atoms with Crippen molar-refractivity contribution in [1.29, 1.82) is 0 Å². The molecule has 1 unspecified atom stereocenters. The molecule has 0 spiro atoms. The number of anilines is 2. The highest BCUT2D eigenvalue weighted by Crippen LogP contribution is 2.50. The molecule has 27 heteroatoms. The number of nitrogens with two attached hydrogens (primary N) is 2. The Labute approximate surface area is 328 Å². The Hall–Kier alpha value is -4.23. The second kappa shape index (κ2) is 17.9. The molecular formula is C31H43N9O16P2. The van der Waals surface area contributed by atoms with Gasteiger partial charge in [-0.05, 0) is 19.4 Å². The molecule has 0 aliphatic carbocycles. The van der Waals surface area contributed by atoms with E-state index in [9.17, 15) is 43.3 Å². The van der Waals surface area contributed by atoms with E-state index in [0.717, 1.165) is 10.9 Å². The number of likely N-dealkylation sites (tertiary alicyclic amines) is 1. The van der Waals surface area contributed by atoms with Crippen LogP contribution in [0.25, 0.3) is 11.2 Å². The molecule has 3 aliphatic rings. The second-order valence-electron chi connectivity index (χ2n) is 13.3. The normalized spacial score (nSPS) is 28.5. The topological polar surface area (TPSA) is 348 Å². The highest BCUT2D eigenvalue weighted by atomic mass is 31.2. The number of phosphoric acid groups is 2. The first kappa shape index (κ1) is 43.4. The fourth-order valence-electron chi connectivity index (χ4n) is 6.84. The third-order valence-electron chi connectivity index (χ3n) is 9.46. The van der Waals surface area contributed by atoms with Crippen LogP contribution in [0, 0.1) is 0 Å².